The molecule has 3 N–H and O–H groups in total. The summed E-state index contributed by atoms with van der Waals surface area (Å²) in [5, 5.41) is 13.8. The summed E-state index contributed by atoms with van der Waals surface area (Å²) in [6.07, 6.45) is 1.33. The van der Waals surface area contributed by atoms with Gasteiger partial charge in [0.25, 0.3) is 5.91 Å². The number of rotatable bonds is 6. The maximum absolute atomic E-state index is 12.4. The van der Waals surface area contributed by atoms with Crippen molar-refractivity contribution in [2.45, 2.75) is 11.3 Å². The second-order valence-corrected chi connectivity index (χ2v) is 8.99. The van der Waals surface area contributed by atoms with Crippen LogP contribution in [-0.4, -0.2) is 41.2 Å². The number of thioether (sulfide) groups is 1. The molecule has 0 saturated carbocycles. The fourth-order valence-electron chi connectivity index (χ4n) is 2.42. The van der Waals surface area contributed by atoms with Gasteiger partial charge in [0.05, 0.1) is 16.2 Å². The molecule has 146 valence electrons. The number of primary sulfonamides is 1. The molecule has 0 aliphatic carbocycles. The lowest BCUT2D eigenvalue weighted by Gasteiger charge is -2.12. The van der Waals surface area contributed by atoms with Crippen LogP contribution in [0.5, 0.6) is 0 Å². The molecule has 1 saturated heterocycles. The van der Waals surface area contributed by atoms with Crippen LogP contribution in [0.3, 0.4) is 0 Å². The van der Waals surface area contributed by atoms with Crippen LogP contribution in [0.2, 0.25) is 0 Å². The van der Waals surface area contributed by atoms with Gasteiger partial charge < -0.3 is 9.52 Å². The van der Waals surface area contributed by atoms with Crippen molar-refractivity contribution in [1.29, 1.82) is 0 Å². The molecule has 1 aromatic heterocycles. The highest BCUT2D eigenvalue weighted by Crippen LogP contribution is 2.33. The number of benzene rings is 1. The van der Waals surface area contributed by atoms with Crippen molar-refractivity contribution in [3.8, 4) is 11.3 Å². The molecule has 28 heavy (non-hydrogen) atoms. The Bertz CT molecular complexity index is 1090. The quantitative estimate of drug-likeness (QED) is 0.519. The van der Waals surface area contributed by atoms with Gasteiger partial charge in [-0.2, -0.15) is 0 Å². The van der Waals surface area contributed by atoms with E-state index < -0.39 is 16.0 Å². The van der Waals surface area contributed by atoms with E-state index in [2.05, 4.69) is 0 Å². The number of aliphatic carboxylic acids is 1. The van der Waals surface area contributed by atoms with Crippen LogP contribution in [0.4, 0.5) is 0 Å². The summed E-state index contributed by atoms with van der Waals surface area (Å²) in [4.78, 5) is 24.7. The highest BCUT2D eigenvalue weighted by molar-refractivity contribution is 8.26. The zero-order valence-corrected chi connectivity index (χ0v) is 16.6. The summed E-state index contributed by atoms with van der Waals surface area (Å²) >= 11 is 6.20. The topological polar surface area (TPSA) is 131 Å². The first-order valence-electron chi connectivity index (χ1n) is 7.85. The lowest BCUT2D eigenvalue weighted by atomic mass is 10.2. The number of carbonyl (C=O) groups excluding carboxylic acids is 1. The van der Waals surface area contributed by atoms with E-state index in [1.165, 1.54) is 23.1 Å². The normalized spacial score (nSPS) is 16.2. The summed E-state index contributed by atoms with van der Waals surface area (Å²) in [7, 11) is -3.77. The highest BCUT2D eigenvalue weighted by Gasteiger charge is 2.32. The van der Waals surface area contributed by atoms with Crippen molar-refractivity contribution in [3.05, 3.63) is 47.1 Å². The number of amides is 1. The molecule has 2 heterocycles. The van der Waals surface area contributed by atoms with Gasteiger partial charge in [0.2, 0.25) is 10.0 Å². The molecule has 1 fully saturated rings. The zero-order chi connectivity index (χ0) is 20.5. The van der Waals surface area contributed by atoms with E-state index in [4.69, 9.17) is 26.9 Å². The Hall–Kier alpha value is -2.47. The van der Waals surface area contributed by atoms with Crippen molar-refractivity contribution in [3.63, 3.8) is 0 Å². The Balaban J connectivity index is 1.78. The smallest absolute Gasteiger partial charge is 0.305 e. The molecular weight excluding hydrogens is 424 g/mol. The van der Waals surface area contributed by atoms with E-state index in [0.29, 0.717) is 26.3 Å². The number of nitrogens with zero attached hydrogens (tertiary/aromatic N) is 1. The Kier molecular flexibility index (Phi) is 5.70. The maximum atomic E-state index is 12.4. The molecule has 0 unspecified atom stereocenters. The van der Waals surface area contributed by atoms with E-state index >= 15 is 0 Å². The molecule has 1 amide bonds. The molecule has 2 aromatic rings. The zero-order valence-electron chi connectivity index (χ0n) is 14.2. The summed E-state index contributed by atoms with van der Waals surface area (Å²) in [6, 6.07) is 9.22. The van der Waals surface area contributed by atoms with Crippen LogP contribution in [0, 0.1) is 0 Å². The van der Waals surface area contributed by atoms with Gasteiger partial charge in [-0.15, -0.1) is 0 Å². The van der Waals surface area contributed by atoms with Crippen molar-refractivity contribution in [1.82, 2.24) is 4.90 Å². The van der Waals surface area contributed by atoms with Gasteiger partial charge in [-0.25, -0.2) is 13.6 Å². The van der Waals surface area contributed by atoms with Gasteiger partial charge in [0, 0.05) is 18.2 Å². The first-order chi connectivity index (χ1) is 13.1. The molecule has 0 radical (unpaired) electrons. The number of furan rings is 1. The summed E-state index contributed by atoms with van der Waals surface area (Å²) in [5.41, 5.74) is 0.640. The summed E-state index contributed by atoms with van der Waals surface area (Å²) < 4.78 is 28.6. The number of nitrogens with two attached hydrogens (primary N) is 1. The lowest BCUT2D eigenvalue weighted by molar-refractivity contribution is -0.137. The molecule has 1 aliphatic heterocycles. The van der Waals surface area contributed by atoms with Gasteiger partial charge in [0.15, 0.2) is 0 Å². The predicted molar refractivity (Wildman–Crippen MR) is 108 cm³/mol. The number of hydrogen-bond acceptors (Lipinski definition) is 7. The Morgan fingerprint density at radius 1 is 1.25 bits per heavy atom. The molecule has 8 nitrogen and oxygen atoms in total. The van der Waals surface area contributed by atoms with Crippen molar-refractivity contribution in [2.75, 3.05) is 6.54 Å². The lowest BCUT2D eigenvalue weighted by Crippen LogP contribution is -2.30. The fourth-order valence-corrected chi connectivity index (χ4v) is 4.23. The number of thiocarbonyl (C=S) groups is 1. The van der Waals surface area contributed by atoms with Crippen LogP contribution in [0.1, 0.15) is 12.2 Å². The van der Waals surface area contributed by atoms with Crippen molar-refractivity contribution >= 4 is 56.3 Å². The SMILES string of the molecule is NS(=O)(=O)c1ccc(-c2ccc(/C=C3/SC(=S)N(CCC(=O)O)C3=O)o2)cc1. The minimum absolute atomic E-state index is 0.00642. The van der Waals surface area contributed by atoms with E-state index in [-0.39, 0.29) is 23.8 Å². The third-order valence-electron chi connectivity index (χ3n) is 3.79. The molecule has 0 atom stereocenters. The van der Waals surface area contributed by atoms with Gasteiger partial charge in [-0.05, 0) is 36.4 Å². The average molecular weight is 439 g/mol. The third kappa shape index (κ3) is 4.50. The standard InChI is InChI=1S/C17H14N2O6S3/c18-28(23,24)12-4-1-10(2-5-12)13-6-3-11(25-13)9-14-16(22)19(17(26)27-14)8-7-15(20)21/h1-6,9H,7-8H2,(H,20,21)(H2,18,23,24)/b14-9+. The predicted octanol–water partition coefficient (Wildman–Crippen LogP) is 2.27. The van der Waals surface area contributed by atoms with E-state index in [1.807, 2.05) is 0 Å². The average Bonchev–Trinajstić information content (AvgIpc) is 3.18. The van der Waals surface area contributed by atoms with Gasteiger partial charge in [-0.3, -0.25) is 14.5 Å². The minimum Gasteiger partial charge on any atom is -0.481 e. The fraction of sp³-hybridized carbons (Fsp3) is 0.118. The molecule has 1 aromatic carbocycles. The molecule has 0 bridgehead atoms. The van der Waals surface area contributed by atoms with Gasteiger partial charge in [0.1, 0.15) is 15.8 Å². The van der Waals surface area contributed by atoms with Gasteiger partial charge in [-0.1, -0.05) is 24.0 Å². The summed E-state index contributed by atoms with van der Waals surface area (Å²) in [6.45, 7) is 0.0111. The molecule has 11 heteroatoms. The number of carboxylic acids is 1. The monoisotopic (exact) mass is 438 g/mol. The Morgan fingerprint density at radius 2 is 1.93 bits per heavy atom. The largest absolute Gasteiger partial charge is 0.481 e. The molecule has 1 aliphatic rings. The first kappa shape index (κ1) is 20.3. The van der Waals surface area contributed by atoms with E-state index in [1.54, 1.807) is 24.3 Å². The van der Waals surface area contributed by atoms with Gasteiger partial charge >= 0.3 is 5.97 Å². The van der Waals surface area contributed by atoms with Crippen LogP contribution < -0.4 is 5.14 Å². The Morgan fingerprint density at radius 3 is 2.54 bits per heavy atom. The molecule has 0 spiro atoms. The second-order valence-electron chi connectivity index (χ2n) is 5.75. The van der Waals surface area contributed by atoms with Crippen LogP contribution in [0.15, 0.2) is 50.6 Å². The first-order valence-corrected chi connectivity index (χ1v) is 10.6. The minimum atomic E-state index is -3.77. The summed E-state index contributed by atoms with van der Waals surface area (Å²) in [5.74, 6) is -0.494. The third-order valence-corrected chi connectivity index (χ3v) is 6.10. The van der Waals surface area contributed by atoms with Crippen molar-refractivity contribution in [2.24, 2.45) is 5.14 Å². The van der Waals surface area contributed by atoms with Crippen LogP contribution in [-0.2, 0) is 19.6 Å². The van der Waals surface area contributed by atoms with E-state index in [9.17, 15) is 18.0 Å². The second kappa shape index (κ2) is 7.87. The number of hydrogen-bond donors (Lipinski definition) is 2. The molecule has 3 rings (SSSR count). The van der Waals surface area contributed by atoms with Crippen LogP contribution >= 0.6 is 24.0 Å². The Labute approximate surface area is 170 Å². The maximum Gasteiger partial charge on any atom is 0.305 e. The number of carbonyl (C=O) groups is 2. The van der Waals surface area contributed by atoms with Crippen molar-refractivity contribution < 1.29 is 27.5 Å². The highest BCUT2D eigenvalue weighted by atomic mass is 32.2. The number of carboxylic acid groups (broad SMARTS) is 1. The van der Waals surface area contributed by atoms with Crippen LogP contribution in [0.25, 0.3) is 17.4 Å². The molecular formula is C17H14N2O6S3. The number of sulfonamides is 1. The van der Waals surface area contributed by atoms with E-state index in [0.717, 1.165) is 11.8 Å².